The Morgan fingerprint density at radius 3 is 2.79 bits per heavy atom. The van der Waals surface area contributed by atoms with E-state index in [2.05, 4.69) is 6.92 Å². The zero-order valence-corrected chi connectivity index (χ0v) is 11.8. The van der Waals surface area contributed by atoms with Gasteiger partial charge in [0, 0.05) is 6.04 Å². The Morgan fingerprint density at radius 2 is 2.16 bits per heavy atom. The maximum absolute atomic E-state index is 13.3. The van der Waals surface area contributed by atoms with Crippen molar-refractivity contribution in [2.45, 2.75) is 57.8 Å². The van der Waals surface area contributed by atoms with Crippen LogP contribution in [-0.4, -0.2) is 12.1 Å². The first-order chi connectivity index (χ1) is 9.06. The van der Waals surface area contributed by atoms with Crippen LogP contribution in [0, 0.1) is 11.7 Å². The molecule has 0 heterocycles. The van der Waals surface area contributed by atoms with Gasteiger partial charge >= 0.3 is 0 Å². The molecule has 4 unspecified atom stereocenters. The molecule has 19 heavy (non-hydrogen) atoms. The van der Waals surface area contributed by atoms with Crippen LogP contribution in [-0.2, 0) is 4.74 Å². The van der Waals surface area contributed by atoms with E-state index in [1.54, 1.807) is 6.07 Å². The van der Waals surface area contributed by atoms with E-state index in [-0.39, 0.29) is 24.1 Å². The molecule has 1 aromatic carbocycles. The van der Waals surface area contributed by atoms with Crippen LogP contribution >= 0.6 is 0 Å². The minimum absolute atomic E-state index is 0.140. The van der Waals surface area contributed by atoms with Crippen LogP contribution in [0.3, 0.4) is 0 Å². The molecule has 1 saturated carbocycles. The lowest BCUT2D eigenvalue weighted by Gasteiger charge is -2.32. The molecule has 1 aromatic rings. The third-order valence-electron chi connectivity index (χ3n) is 3.88. The highest BCUT2D eigenvalue weighted by molar-refractivity contribution is 5.20. The minimum Gasteiger partial charge on any atom is -0.369 e. The Kier molecular flexibility index (Phi) is 4.94. The monoisotopic (exact) mass is 265 g/mol. The van der Waals surface area contributed by atoms with E-state index in [4.69, 9.17) is 10.5 Å². The highest BCUT2D eigenvalue weighted by Crippen LogP contribution is 2.31. The van der Waals surface area contributed by atoms with Crippen molar-refractivity contribution >= 4 is 0 Å². The van der Waals surface area contributed by atoms with Gasteiger partial charge in [0.1, 0.15) is 5.82 Å². The zero-order valence-electron chi connectivity index (χ0n) is 11.8. The van der Waals surface area contributed by atoms with Gasteiger partial charge in [0.15, 0.2) is 0 Å². The molecular formula is C16H24FNO. The summed E-state index contributed by atoms with van der Waals surface area (Å²) in [7, 11) is 0. The first-order valence-electron chi connectivity index (χ1n) is 7.22. The number of hydrogen-bond donors (Lipinski definition) is 1. The summed E-state index contributed by atoms with van der Waals surface area (Å²) in [6.45, 7) is 4.18. The average Bonchev–Trinajstić information content (AvgIpc) is 2.35. The lowest BCUT2D eigenvalue weighted by atomic mass is 9.88. The predicted molar refractivity (Wildman–Crippen MR) is 75.3 cm³/mol. The first kappa shape index (κ1) is 14.5. The quantitative estimate of drug-likeness (QED) is 0.898. The van der Waals surface area contributed by atoms with Crippen molar-refractivity contribution in [1.29, 1.82) is 0 Å². The number of nitrogens with two attached hydrogens (primary N) is 1. The van der Waals surface area contributed by atoms with Crippen LogP contribution < -0.4 is 5.73 Å². The highest BCUT2D eigenvalue weighted by Gasteiger charge is 2.25. The summed E-state index contributed by atoms with van der Waals surface area (Å²) in [4.78, 5) is 0. The summed E-state index contributed by atoms with van der Waals surface area (Å²) >= 11 is 0. The van der Waals surface area contributed by atoms with E-state index < -0.39 is 0 Å². The fourth-order valence-electron chi connectivity index (χ4n) is 2.90. The third-order valence-corrected chi connectivity index (χ3v) is 3.88. The fourth-order valence-corrected chi connectivity index (χ4v) is 2.90. The summed E-state index contributed by atoms with van der Waals surface area (Å²) in [6.07, 6.45) is 4.69. The van der Waals surface area contributed by atoms with Gasteiger partial charge in [-0.2, -0.15) is 0 Å². The Labute approximate surface area is 115 Å². The molecule has 1 aliphatic rings. The van der Waals surface area contributed by atoms with Crippen molar-refractivity contribution < 1.29 is 9.13 Å². The Hall–Kier alpha value is -0.930. The average molecular weight is 265 g/mol. The Morgan fingerprint density at radius 1 is 1.37 bits per heavy atom. The topological polar surface area (TPSA) is 35.2 Å². The molecule has 1 fully saturated rings. The third kappa shape index (κ3) is 4.02. The summed E-state index contributed by atoms with van der Waals surface area (Å²) < 4.78 is 19.5. The van der Waals surface area contributed by atoms with E-state index in [9.17, 15) is 4.39 Å². The normalized spacial score (nSPS) is 26.9. The molecule has 0 radical (unpaired) electrons. The molecule has 106 valence electrons. The van der Waals surface area contributed by atoms with Gasteiger partial charge in [0.05, 0.1) is 12.2 Å². The maximum Gasteiger partial charge on any atom is 0.123 e. The first-order valence-corrected chi connectivity index (χ1v) is 7.22. The Balaban J connectivity index is 2.08. The lowest BCUT2D eigenvalue weighted by molar-refractivity contribution is -0.0491. The number of benzene rings is 1. The second-order valence-electron chi connectivity index (χ2n) is 5.86. The predicted octanol–water partition coefficient (Wildman–Crippen LogP) is 3.81. The van der Waals surface area contributed by atoms with E-state index in [1.165, 1.54) is 25.0 Å². The van der Waals surface area contributed by atoms with E-state index in [0.29, 0.717) is 5.92 Å². The van der Waals surface area contributed by atoms with Crippen LogP contribution in [0.5, 0.6) is 0 Å². The van der Waals surface area contributed by atoms with Crippen LogP contribution in [0.15, 0.2) is 24.3 Å². The number of halogens is 1. The van der Waals surface area contributed by atoms with Gasteiger partial charge in [-0.05, 0) is 43.4 Å². The van der Waals surface area contributed by atoms with Crippen molar-refractivity contribution in [3.05, 3.63) is 35.6 Å². The molecule has 2 N–H and O–H groups in total. The standard InChI is InChI=1S/C16H24FNO/c1-11-5-3-8-15(9-11)19-16(12(2)18)13-6-4-7-14(17)10-13/h4,6-7,10-12,15-16H,3,5,8-9,18H2,1-2H3. The zero-order chi connectivity index (χ0) is 13.8. The van der Waals surface area contributed by atoms with Crippen molar-refractivity contribution in [3.8, 4) is 0 Å². The second-order valence-corrected chi connectivity index (χ2v) is 5.86. The maximum atomic E-state index is 13.3. The smallest absolute Gasteiger partial charge is 0.123 e. The molecule has 3 heteroatoms. The molecule has 1 aliphatic carbocycles. The number of rotatable bonds is 4. The van der Waals surface area contributed by atoms with Gasteiger partial charge in [0.25, 0.3) is 0 Å². The molecule has 2 rings (SSSR count). The number of ether oxygens (including phenoxy) is 1. The molecule has 0 aromatic heterocycles. The molecule has 0 spiro atoms. The van der Waals surface area contributed by atoms with Gasteiger partial charge in [-0.15, -0.1) is 0 Å². The second kappa shape index (κ2) is 6.49. The van der Waals surface area contributed by atoms with Gasteiger partial charge in [-0.1, -0.05) is 31.9 Å². The van der Waals surface area contributed by atoms with Gasteiger partial charge in [-0.3, -0.25) is 0 Å². The van der Waals surface area contributed by atoms with E-state index >= 15 is 0 Å². The Bertz CT molecular complexity index is 407. The van der Waals surface area contributed by atoms with Crippen LogP contribution in [0.2, 0.25) is 0 Å². The van der Waals surface area contributed by atoms with Gasteiger partial charge < -0.3 is 10.5 Å². The SMILES string of the molecule is CC1CCCC(OC(c2cccc(F)c2)C(C)N)C1. The van der Waals surface area contributed by atoms with Crippen molar-refractivity contribution in [1.82, 2.24) is 0 Å². The number of hydrogen-bond acceptors (Lipinski definition) is 2. The van der Waals surface area contributed by atoms with Gasteiger partial charge in [0.2, 0.25) is 0 Å². The summed E-state index contributed by atoms with van der Waals surface area (Å²) in [6, 6.07) is 6.44. The highest BCUT2D eigenvalue weighted by atomic mass is 19.1. The molecule has 0 amide bonds. The summed E-state index contributed by atoms with van der Waals surface area (Å²) in [5.74, 6) is 0.476. The van der Waals surface area contributed by atoms with Crippen molar-refractivity contribution in [2.24, 2.45) is 11.7 Å². The molecule has 0 aliphatic heterocycles. The van der Waals surface area contributed by atoms with Gasteiger partial charge in [-0.25, -0.2) is 4.39 Å². The summed E-state index contributed by atoms with van der Waals surface area (Å²) in [5, 5.41) is 0. The lowest BCUT2D eigenvalue weighted by Crippen LogP contribution is -2.32. The van der Waals surface area contributed by atoms with E-state index in [0.717, 1.165) is 18.4 Å². The minimum atomic E-state index is -0.233. The molecule has 4 atom stereocenters. The van der Waals surface area contributed by atoms with Crippen LogP contribution in [0.4, 0.5) is 4.39 Å². The molecular weight excluding hydrogens is 241 g/mol. The molecule has 0 saturated heterocycles. The summed E-state index contributed by atoms with van der Waals surface area (Å²) in [5.41, 5.74) is 6.86. The largest absolute Gasteiger partial charge is 0.369 e. The molecule has 2 nitrogen and oxygen atoms in total. The van der Waals surface area contributed by atoms with Crippen molar-refractivity contribution in [3.63, 3.8) is 0 Å². The van der Waals surface area contributed by atoms with Crippen LogP contribution in [0.25, 0.3) is 0 Å². The fraction of sp³-hybridized carbons (Fsp3) is 0.625. The van der Waals surface area contributed by atoms with Crippen LogP contribution in [0.1, 0.15) is 51.2 Å². The molecule has 0 bridgehead atoms. The van der Waals surface area contributed by atoms with Crippen molar-refractivity contribution in [2.75, 3.05) is 0 Å². The van der Waals surface area contributed by atoms with E-state index in [1.807, 2.05) is 13.0 Å².